The molecule has 4 N–H and O–H groups in total. The first-order valence-electron chi connectivity index (χ1n) is 7.91. The second-order valence-corrected chi connectivity index (χ2v) is 8.27. The molecule has 0 aliphatic carbocycles. The SMILES string of the molecule is CC(C)CS(=O)(=O)Nc1c(OC(F)F)ccc(C(=O)NC2=NNNN2C)c1Cl. The van der Waals surface area contributed by atoms with Gasteiger partial charge >= 0.3 is 6.61 Å². The second-order valence-electron chi connectivity index (χ2n) is 6.13. The monoisotopic (exact) mass is 440 g/mol. The number of hydrazone groups is 1. The number of hydrazine groups is 2. The van der Waals surface area contributed by atoms with Gasteiger partial charge in [-0.2, -0.15) is 8.78 Å². The highest BCUT2D eigenvalue weighted by atomic mass is 35.5. The summed E-state index contributed by atoms with van der Waals surface area (Å²) in [4.78, 5) is 12.5. The van der Waals surface area contributed by atoms with Crippen molar-refractivity contribution in [1.82, 2.24) is 21.4 Å². The number of carbonyl (C=O) groups excluding carboxylic acids is 1. The van der Waals surface area contributed by atoms with Gasteiger partial charge < -0.3 is 4.74 Å². The standard InChI is InChI=1S/C14H19ClF2N6O4S/c1-7(2)6-28(25,26)20-11-9(27-13(16)17)5-4-8(10(11)15)12(24)18-14-19-21-22-23(14)3/h4-5,7,13,20-22H,6H2,1-3H3,(H,18,19,24). The molecule has 0 spiro atoms. The predicted octanol–water partition coefficient (Wildman–Crippen LogP) is 1.29. The number of carbonyl (C=O) groups is 1. The molecule has 1 aliphatic rings. The first-order valence-corrected chi connectivity index (χ1v) is 9.94. The fraction of sp³-hybridized carbons (Fsp3) is 0.429. The normalized spacial score (nSPS) is 14.1. The number of amides is 1. The third-order valence-electron chi connectivity index (χ3n) is 3.30. The molecule has 14 heteroatoms. The molecular formula is C14H19ClF2N6O4S. The zero-order chi connectivity index (χ0) is 21.1. The minimum Gasteiger partial charge on any atom is -0.433 e. The van der Waals surface area contributed by atoms with Crippen LogP contribution in [0.3, 0.4) is 0 Å². The van der Waals surface area contributed by atoms with Gasteiger partial charge in [0.1, 0.15) is 5.69 Å². The van der Waals surface area contributed by atoms with Crippen LogP contribution < -0.4 is 25.8 Å². The summed E-state index contributed by atoms with van der Waals surface area (Å²) in [6, 6.07) is 2.16. The first-order chi connectivity index (χ1) is 13.0. The van der Waals surface area contributed by atoms with Crippen molar-refractivity contribution in [3.8, 4) is 5.75 Å². The lowest BCUT2D eigenvalue weighted by molar-refractivity contribution is -0.0493. The number of guanidine groups is 1. The largest absolute Gasteiger partial charge is 0.433 e. The van der Waals surface area contributed by atoms with Gasteiger partial charge in [0, 0.05) is 7.05 Å². The fourth-order valence-electron chi connectivity index (χ4n) is 2.22. The summed E-state index contributed by atoms with van der Waals surface area (Å²) >= 11 is 6.16. The molecule has 1 aromatic carbocycles. The van der Waals surface area contributed by atoms with Crippen LogP contribution in [0.4, 0.5) is 14.5 Å². The number of nitrogens with zero attached hydrogens (tertiary/aromatic N) is 2. The summed E-state index contributed by atoms with van der Waals surface area (Å²) in [5.41, 5.74) is 4.35. The number of sulfonamides is 1. The summed E-state index contributed by atoms with van der Waals surface area (Å²) in [6.45, 7) is 0.118. The lowest BCUT2D eigenvalue weighted by Crippen LogP contribution is -2.45. The maximum absolute atomic E-state index is 12.7. The van der Waals surface area contributed by atoms with Crippen molar-refractivity contribution in [2.45, 2.75) is 20.5 Å². The number of nitrogens with one attached hydrogen (secondary N) is 4. The maximum atomic E-state index is 12.7. The van der Waals surface area contributed by atoms with Crippen molar-refractivity contribution in [1.29, 1.82) is 0 Å². The Morgan fingerprint density at radius 1 is 1.39 bits per heavy atom. The van der Waals surface area contributed by atoms with Crippen LogP contribution in [0.25, 0.3) is 0 Å². The molecule has 2 rings (SSSR count). The predicted molar refractivity (Wildman–Crippen MR) is 99.3 cm³/mol. The Balaban J connectivity index is 2.39. The van der Waals surface area contributed by atoms with Crippen LogP contribution in [0.15, 0.2) is 17.2 Å². The van der Waals surface area contributed by atoms with Gasteiger partial charge in [-0.25, -0.2) is 14.0 Å². The number of benzene rings is 1. The molecule has 0 fully saturated rings. The topological polar surface area (TPSA) is 124 Å². The summed E-state index contributed by atoms with van der Waals surface area (Å²) in [5, 5.41) is 7.14. The summed E-state index contributed by atoms with van der Waals surface area (Å²) in [7, 11) is -2.37. The van der Waals surface area contributed by atoms with Gasteiger partial charge in [-0.05, 0) is 18.1 Å². The van der Waals surface area contributed by atoms with Gasteiger partial charge in [-0.3, -0.25) is 19.8 Å². The van der Waals surface area contributed by atoms with E-state index in [2.05, 4.69) is 30.9 Å². The van der Waals surface area contributed by atoms with Crippen molar-refractivity contribution in [3.63, 3.8) is 0 Å². The summed E-state index contributed by atoms with van der Waals surface area (Å²) in [6.07, 6.45) is 0. The fourth-order valence-corrected chi connectivity index (χ4v) is 4.04. The van der Waals surface area contributed by atoms with Crippen LogP contribution in [0.2, 0.25) is 5.02 Å². The van der Waals surface area contributed by atoms with Gasteiger partial charge in [-0.1, -0.05) is 25.4 Å². The molecule has 0 atom stereocenters. The molecule has 0 saturated carbocycles. The number of halogens is 3. The Hall–Kier alpha value is -2.38. The van der Waals surface area contributed by atoms with E-state index < -0.39 is 39.0 Å². The Morgan fingerprint density at radius 3 is 2.61 bits per heavy atom. The minimum atomic E-state index is -3.93. The highest BCUT2D eigenvalue weighted by molar-refractivity contribution is 7.92. The van der Waals surface area contributed by atoms with Crippen LogP contribution >= 0.6 is 11.6 Å². The summed E-state index contributed by atoms with van der Waals surface area (Å²) < 4.78 is 56.3. The van der Waals surface area contributed by atoms with E-state index in [1.807, 2.05) is 0 Å². The number of hydrogen-bond acceptors (Lipinski definition) is 8. The molecular weight excluding hydrogens is 422 g/mol. The van der Waals surface area contributed by atoms with E-state index in [9.17, 15) is 22.0 Å². The number of anilines is 1. The summed E-state index contributed by atoms with van der Waals surface area (Å²) in [5.74, 6) is -1.67. The van der Waals surface area contributed by atoms with Crippen molar-refractivity contribution >= 4 is 39.2 Å². The molecule has 0 saturated heterocycles. The van der Waals surface area contributed by atoms with Gasteiger partial charge in [0.2, 0.25) is 16.0 Å². The molecule has 1 heterocycles. The van der Waals surface area contributed by atoms with Gasteiger partial charge in [0.15, 0.2) is 5.75 Å². The van der Waals surface area contributed by atoms with Gasteiger partial charge in [0.05, 0.1) is 16.3 Å². The molecule has 1 amide bonds. The van der Waals surface area contributed by atoms with Crippen molar-refractivity contribution in [2.24, 2.45) is 11.0 Å². The Labute approximate surface area is 165 Å². The van der Waals surface area contributed by atoms with Crippen LogP contribution in [0.5, 0.6) is 5.75 Å². The third-order valence-corrected chi connectivity index (χ3v) is 5.31. The van der Waals surface area contributed by atoms with Crippen LogP contribution in [-0.4, -0.2) is 44.7 Å². The van der Waals surface area contributed by atoms with Gasteiger partial charge in [0.25, 0.3) is 5.91 Å². The van der Waals surface area contributed by atoms with E-state index in [-0.39, 0.29) is 23.2 Å². The highest BCUT2D eigenvalue weighted by Crippen LogP contribution is 2.37. The molecule has 1 aromatic rings. The van der Waals surface area contributed by atoms with Crippen LogP contribution in [-0.2, 0) is 10.0 Å². The quantitative estimate of drug-likeness (QED) is 0.503. The molecule has 0 bridgehead atoms. The van der Waals surface area contributed by atoms with Crippen LogP contribution in [0.1, 0.15) is 24.2 Å². The molecule has 0 radical (unpaired) electrons. The Kier molecular flexibility index (Phi) is 6.85. The number of rotatable bonds is 7. The van der Waals surface area contributed by atoms with Crippen molar-refractivity contribution in [2.75, 3.05) is 17.5 Å². The smallest absolute Gasteiger partial charge is 0.387 e. The van der Waals surface area contributed by atoms with E-state index in [1.165, 1.54) is 5.01 Å². The molecule has 1 aliphatic heterocycles. The Morgan fingerprint density at radius 2 is 2.07 bits per heavy atom. The van der Waals surface area contributed by atoms with Crippen molar-refractivity contribution < 1.29 is 26.7 Å². The lowest BCUT2D eigenvalue weighted by atomic mass is 10.1. The van der Waals surface area contributed by atoms with Crippen molar-refractivity contribution in [3.05, 3.63) is 22.7 Å². The Bertz CT molecular complexity index is 881. The molecule has 28 heavy (non-hydrogen) atoms. The first kappa shape index (κ1) is 21.9. The zero-order valence-electron chi connectivity index (χ0n) is 15.1. The molecule has 0 unspecified atom stereocenters. The lowest BCUT2D eigenvalue weighted by Gasteiger charge is -2.18. The highest BCUT2D eigenvalue weighted by Gasteiger charge is 2.25. The van der Waals surface area contributed by atoms with Gasteiger partial charge in [-0.15, -0.1) is 10.6 Å². The minimum absolute atomic E-state index is 0.107. The van der Waals surface area contributed by atoms with E-state index in [1.54, 1.807) is 20.9 Å². The number of ether oxygens (including phenoxy) is 1. The second kappa shape index (κ2) is 8.75. The molecule has 0 aromatic heterocycles. The average Bonchev–Trinajstić information content (AvgIpc) is 2.94. The third kappa shape index (κ3) is 5.56. The maximum Gasteiger partial charge on any atom is 0.387 e. The number of alkyl halides is 2. The van der Waals surface area contributed by atoms with E-state index in [0.717, 1.165) is 12.1 Å². The zero-order valence-corrected chi connectivity index (χ0v) is 16.7. The van der Waals surface area contributed by atoms with E-state index >= 15 is 0 Å². The van der Waals surface area contributed by atoms with E-state index in [4.69, 9.17) is 11.6 Å². The van der Waals surface area contributed by atoms with Crippen LogP contribution in [0, 0.1) is 5.92 Å². The number of hydrogen-bond donors (Lipinski definition) is 4. The molecule has 156 valence electrons. The molecule has 10 nitrogen and oxygen atoms in total. The average molecular weight is 441 g/mol. The van der Waals surface area contributed by atoms with E-state index in [0.29, 0.717) is 0 Å².